The van der Waals surface area contributed by atoms with Crippen LogP contribution in [-0.4, -0.2) is 68.3 Å². The molecule has 2 amide bonds. The van der Waals surface area contributed by atoms with E-state index in [0.717, 1.165) is 37.6 Å². The van der Waals surface area contributed by atoms with Gasteiger partial charge in [0.05, 0.1) is 30.3 Å². The molecule has 2 heterocycles. The predicted octanol–water partition coefficient (Wildman–Crippen LogP) is 2.60. The minimum absolute atomic E-state index is 0.0735. The molecule has 0 aromatic heterocycles. The molecule has 190 valence electrons. The van der Waals surface area contributed by atoms with Crippen molar-refractivity contribution in [1.29, 1.82) is 0 Å². The van der Waals surface area contributed by atoms with Crippen LogP contribution in [0.25, 0.3) is 0 Å². The lowest BCUT2D eigenvalue weighted by atomic mass is 9.94. The Morgan fingerprint density at radius 2 is 1.75 bits per heavy atom. The zero-order valence-electron chi connectivity index (χ0n) is 20.2. The number of hydrogen-bond donors (Lipinski definition) is 2. The van der Waals surface area contributed by atoms with Gasteiger partial charge in [-0.15, -0.1) is 0 Å². The maximum absolute atomic E-state index is 13.0. The van der Waals surface area contributed by atoms with Crippen molar-refractivity contribution in [3.05, 3.63) is 75.5 Å². The van der Waals surface area contributed by atoms with Crippen molar-refractivity contribution < 1.29 is 24.0 Å². The Balaban J connectivity index is 1.54. The van der Waals surface area contributed by atoms with Gasteiger partial charge in [-0.2, -0.15) is 0 Å². The summed E-state index contributed by atoms with van der Waals surface area (Å²) >= 11 is 0. The van der Waals surface area contributed by atoms with Crippen molar-refractivity contribution >= 4 is 23.4 Å². The molecule has 11 nitrogen and oxygen atoms in total. The number of nitrogens with one attached hydrogen (secondary N) is 2. The van der Waals surface area contributed by atoms with Crippen LogP contribution in [0.2, 0.25) is 0 Å². The number of nitro benzene ring substituents is 1. The molecule has 2 aliphatic rings. The van der Waals surface area contributed by atoms with Gasteiger partial charge in [0.25, 0.3) is 5.69 Å². The number of urea groups is 1. The van der Waals surface area contributed by atoms with Crippen LogP contribution in [0, 0.1) is 10.1 Å². The highest BCUT2D eigenvalue weighted by atomic mass is 16.6. The smallest absolute Gasteiger partial charge is 0.338 e. The molecule has 1 saturated heterocycles. The van der Waals surface area contributed by atoms with Crippen molar-refractivity contribution in [2.75, 3.05) is 51.3 Å². The molecule has 4 rings (SSSR count). The van der Waals surface area contributed by atoms with E-state index in [1.807, 2.05) is 24.3 Å². The van der Waals surface area contributed by atoms with Crippen LogP contribution in [0.4, 0.5) is 16.2 Å². The van der Waals surface area contributed by atoms with E-state index < -0.39 is 23.0 Å². The normalized spacial score (nSPS) is 18.3. The zero-order valence-corrected chi connectivity index (χ0v) is 20.2. The predicted molar refractivity (Wildman–Crippen MR) is 133 cm³/mol. The second-order valence-corrected chi connectivity index (χ2v) is 8.45. The lowest BCUT2D eigenvalue weighted by Crippen LogP contribution is -2.51. The largest absolute Gasteiger partial charge is 0.497 e. The van der Waals surface area contributed by atoms with E-state index in [1.54, 1.807) is 26.2 Å². The lowest BCUT2D eigenvalue weighted by molar-refractivity contribution is -0.384. The molecule has 1 unspecified atom stereocenters. The number of nitrogens with zero attached hydrogens (tertiary/aromatic N) is 3. The highest BCUT2D eigenvalue weighted by molar-refractivity contribution is 5.95. The van der Waals surface area contributed by atoms with Crippen molar-refractivity contribution in [3.63, 3.8) is 0 Å². The zero-order chi connectivity index (χ0) is 25.7. The van der Waals surface area contributed by atoms with Crippen LogP contribution < -0.4 is 20.3 Å². The maximum Gasteiger partial charge on any atom is 0.338 e. The summed E-state index contributed by atoms with van der Waals surface area (Å²) in [5.74, 6) is 0.264. The summed E-state index contributed by atoms with van der Waals surface area (Å²) in [5.41, 5.74) is 2.35. The molecule has 1 fully saturated rings. The van der Waals surface area contributed by atoms with Crippen LogP contribution in [-0.2, 0) is 9.53 Å². The molecule has 2 N–H and O–H groups in total. The Morgan fingerprint density at radius 3 is 2.33 bits per heavy atom. The number of hydrogen-bond acceptors (Lipinski definition) is 8. The van der Waals surface area contributed by atoms with Crippen molar-refractivity contribution in [2.45, 2.75) is 13.0 Å². The Bertz CT molecular complexity index is 1140. The number of amides is 2. The van der Waals surface area contributed by atoms with Gasteiger partial charge in [0.2, 0.25) is 0 Å². The third kappa shape index (κ3) is 5.57. The molecule has 0 bridgehead atoms. The second-order valence-electron chi connectivity index (χ2n) is 8.45. The number of nitro groups is 1. The van der Waals surface area contributed by atoms with Gasteiger partial charge in [0, 0.05) is 56.2 Å². The quantitative estimate of drug-likeness (QED) is 0.325. The number of esters is 1. The third-order valence-corrected chi connectivity index (χ3v) is 6.28. The molecular formula is C25H29N5O6. The minimum Gasteiger partial charge on any atom is -0.497 e. The molecule has 0 radical (unpaired) electrons. The average molecular weight is 496 g/mol. The van der Waals surface area contributed by atoms with E-state index in [9.17, 15) is 19.7 Å². The van der Waals surface area contributed by atoms with Gasteiger partial charge in [-0.1, -0.05) is 0 Å². The SMILES string of the molecule is CCOC(=O)C1=C(CN2CCN(c3ccc(OC)cc3)CC2)NC(=O)NC1c1ccc([N+](=O)[O-])cc1. The van der Waals surface area contributed by atoms with Gasteiger partial charge < -0.3 is 25.0 Å². The molecule has 36 heavy (non-hydrogen) atoms. The van der Waals surface area contributed by atoms with Gasteiger partial charge in [-0.3, -0.25) is 15.0 Å². The summed E-state index contributed by atoms with van der Waals surface area (Å²) in [4.78, 5) is 40.5. The van der Waals surface area contributed by atoms with Gasteiger partial charge >= 0.3 is 12.0 Å². The highest BCUT2D eigenvalue weighted by Crippen LogP contribution is 2.30. The molecule has 1 atom stereocenters. The number of carbonyl (C=O) groups excluding carboxylic acids is 2. The molecular weight excluding hydrogens is 466 g/mol. The molecule has 2 aromatic rings. The summed E-state index contributed by atoms with van der Waals surface area (Å²) in [6.07, 6.45) is 0. The summed E-state index contributed by atoms with van der Waals surface area (Å²) in [5, 5.41) is 16.6. The van der Waals surface area contributed by atoms with Crippen molar-refractivity contribution in [2.24, 2.45) is 0 Å². The van der Waals surface area contributed by atoms with Gasteiger partial charge in [-0.25, -0.2) is 9.59 Å². The summed E-state index contributed by atoms with van der Waals surface area (Å²) in [6.45, 7) is 5.29. The van der Waals surface area contributed by atoms with E-state index in [2.05, 4.69) is 20.4 Å². The Morgan fingerprint density at radius 1 is 1.08 bits per heavy atom. The third-order valence-electron chi connectivity index (χ3n) is 6.28. The number of ether oxygens (including phenoxy) is 2. The van der Waals surface area contributed by atoms with Crippen LogP contribution >= 0.6 is 0 Å². The van der Waals surface area contributed by atoms with E-state index in [1.165, 1.54) is 12.1 Å². The Labute approximate surface area is 208 Å². The summed E-state index contributed by atoms with van der Waals surface area (Å²) in [7, 11) is 1.64. The molecule has 0 aliphatic carbocycles. The van der Waals surface area contributed by atoms with Crippen molar-refractivity contribution in [1.82, 2.24) is 15.5 Å². The van der Waals surface area contributed by atoms with Crippen LogP contribution in [0.15, 0.2) is 59.8 Å². The maximum atomic E-state index is 13.0. The fraction of sp³-hybridized carbons (Fsp3) is 0.360. The Hall–Kier alpha value is -4.12. The fourth-order valence-corrected chi connectivity index (χ4v) is 4.41. The van der Waals surface area contributed by atoms with Gasteiger partial charge in [0.1, 0.15) is 5.75 Å². The fourth-order valence-electron chi connectivity index (χ4n) is 4.41. The van der Waals surface area contributed by atoms with Crippen LogP contribution in [0.1, 0.15) is 18.5 Å². The Kier molecular flexibility index (Phi) is 7.69. The summed E-state index contributed by atoms with van der Waals surface area (Å²) in [6, 6.07) is 12.5. The molecule has 2 aliphatic heterocycles. The number of carbonyl (C=O) groups is 2. The summed E-state index contributed by atoms with van der Waals surface area (Å²) < 4.78 is 10.5. The van der Waals surface area contributed by atoms with E-state index in [-0.39, 0.29) is 12.3 Å². The van der Waals surface area contributed by atoms with E-state index in [0.29, 0.717) is 23.4 Å². The number of methoxy groups -OCH3 is 1. The first-order chi connectivity index (χ1) is 17.4. The van der Waals surface area contributed by atoms with Crippen LogP contribution in [0.5, 0.6) is 5.75 Å². The topological polar surface area (TPSA) is 126 Å². The number of rotatable bonds is 8. The molecule has 0 saturated carbocycles. The first-order valence-corrected chi connectivity index (χ1v) is 11.7. The number of non-ortho nitro benzene ring substituents is 1. The first kappa shape index (κ1) is 25.0. The van der Waals surface area contributed by atoms with E-state index in [4.69, 9.17) is 9.47 Å². The van der Waals surface area contributed by atoms with Crippen molar-refractivity contribution in [3.8, 4) is 5.75 Å². The number of benzene rings is 2. The molecule has 2 aromatic carbocycles. The van der Waals surface area contributed by atoms with E-state index >= 15 is 0 Å². The number of piperazine rings is 1. The molecule has 11 heteroatoms. The lowest BCUT2D eigenvalue weighted by Gasteiger charge is -2.38. The standard InChI is InChI=1S/C25H29N5O6/c1-3-36-24(31)22-21(26-25(32)27-23(22)17-4-6-19(7-5-17)30(33)34)16-28-12-14-29(15-13-28)18-8-10-20(35-2)11-9-18/h4-11,23H,3,12-16H2,1-2H3,(H2,26,27,32). The van der Waals surface area contributed by atoms with Crippen LogP contribution in [0.3, 0.4) is 0 Å². The number of anilines is 1. The average Bonchev–Trinajstić information content (AvgIpc) is 2.89. The monoisotopic (exact) mass is 495 g/mol. The van der Waals surface area contributed by atoms with Gasteiger partial charge in [-0.05, 0) is 48.9 Å². The highest BCUT2D eigenvalue weighted by Gasteiger charge is 2.35. The minimum atomic E-state index is -0.783. The second kappa shape index (κ2) is 11.1. The first-order valence-electron chi connectivity index (χ1n) is 11.7. The molecule has 0 spiro atoms. The van der Waals surface area contributed by atoms with Gasteiger partial charge in [0.15, 0.2) is 0 Å².